The molecule has 0 saturated carbocycles. The second-order valence-corrected chi connectivity index (χ2v) is 27.6. The number of hydrogen-bond donors (Lipinski definition) is 4. The van der Waals surface area contributed by atoms with Crippen LogP contribution in [0.15, 0.2) is 134 Å². The Morgan fingerprint density at radius 3 is 0.876 bits per heavy atom. The van der Waals surface area contributed by atoms with Gasteiger partial charge in [-0.2, -0.15) is 0 Å². The predicted molar refractivity (Wildman–Crippen MR) is 399 cm³/mol. The standard InChI is InChI=1S/C79H134O16P2/c1-4-7-10-13-16-19-22-25-27-29-31-32-33-34-35-36-37-38-39-40-42-44-45-48-50-53-56-59-62-65-77(82)89-68-74(80)69-91-96(85,86)92-70-75(81)71-93-97(87,88)94-73-76(95-79(84)67-64-61-58-55-52-47-24-21-18-15-12-9-6-3)72-90-78(83)66-63-60-57-54-51-49-46-43-41-30-28-26-23-20-17-14-11-8-5-2/h7-8,10-11,16-17,19-20,25-28,31-32,34-35,37-38,41,43,49,51,74-76,80-81H,4-6,9,12-15,18,21-24,29-30,33,36,39-40,42,44-48,50,52-73H2,1-3H3,(H,85,86)(H,87,88)/b10-7-,11-8-,19-16-,20-17-,27-25-,28-26-,32-31-,35-34-,38-37-,43-41-,51-49-. The predicted octanol–water partition coefficient (Wildman–Crippen LogP) is 21.5. The van der Waals surface area contributed by atoms with Gasteiger partial charge < -0.3 is 34.2 Å². The Morgan fingerprint density at radius 2 is 0.546 bits per heavy atom. The van der Waals surface area contributed by atoms with Crippen LogP contribution in [0.25, 0.3) is 0 Å². The number of allylic oxidation sites excluding steroid dienone is 22. The smallest absolute Gasteiger partial charge is 0.463 e. The van der Waals surface area contributed by atoms with Gasteiger partial charge in [0, 0.05) is 19.3 Å². The van der Waals surface area contributed by atoms with Crippen molar-refractivity contribution in [2.75, 3.05) is 39.6 Å². The van der Waals surface area contributed by atoms with E-state index < -0.39 is 91.5 Å². The van der Waals surface area contributed by atoms with Crippen molar-refractivity contribution in [3.63, 3.8) is 0 Å². The van der Waals surface area contributed by atoms with Crippen LogP contribution in [-0.4, -0.2) is 95.9 Å². The number of phosphoric ester groups is 2. The second-order valence-electron chi connectivity index (χ2n) is 24.7. The van der Waals surface area contributed by atoms with Crippen LogP contribution in [0.5, 0.6) is 0 Å². The fourth-order valence-corrected chi connectivity index (χ4v) is 11.3. The van der Waals surface area contributed by atoms with Crippen LogP contribution in [0.1, 0.15) is 290 Å². The van der Waals surface area contributed by atoms with E-state index in [1.54, 1.807) is 0 Å². The number of unbranched alkanes of at least 4 members (excludes halogenated alkanes) is 25. The summed E-state index contributed by atoms with van der Waals surface area (Å²) in [6, 6.07) is 0. The topological polar surface area (TPSA) is 231 Å². The lowest BCUT2D eigenvalue weighted by Gasteiger charge is -2.21. The van der Waals surface area contributed by atoms with Crippen LogP contribution in [0.3, 0.4) is 0 Å². The lowest BCUT2D eigenvalue weighted by Crippen LogP contribution is -2.30. The number of rotatable bonds is 70. The Hall–Kier alpha value is -4.31. The molecular formula is C79H134O16P2. The quantitative estimate of drug-likeness (QED) is 0.0146. The summed E-state index contributed by atoms with van der Waals surface area (Å²) < 4.78 is 61.0. The number of carbonyl (C=O) groups is 3. The second kappa shape index (κ2) is 71.5. The van der Waals surface area contributed by atoms with E-state index in [2.05, 4.69) is 154 Å². The van der Waals surface area contributed by atoms with Gasteiger partial charge in [-0.25, -0.2) is 9.13 Å². The Bertz CT molecular complexity index is 2300. The molecule has 16 nitrogen and oxygen atoms in total. The van der Waals surface area contributed by atoms with Gasteiger partial charge in [-0.3, -0.25) is 32.5 Å². The molecule has 97 heavy (non-hydrogen) atoms. The lowest BCUT2D eigenvalue weighted by atomic mass is 10.0. The van der Waals surface area contributed by atoms with Crippen molar-refractivity contribution in [3.05, 3.63) is 134 Å². The first-order valence-corrected chi connectivity index (χ1v) is 40.5. The summed E-state index contributed by atoms with van der Waals surface area (Å²) in [5.41, 5.74) is 0. The number of aliphatic hydroxyl groups excluding tert-OH is 2. The van der Waals surface area contributed by atoms with Gasteiger partial charge in [-0.1, -0.05) is 289 Å². The third-order valence-corrected chi connectivity index (χ3v) is 17.3. The zero-order valence-corrected chi connectivity index (χ0v) is 62.2. The molecule has 0 aromatic carbocycles. The van der Waals surface area contributed by atoms with Gasteiger partial charge in [0.25, 0.3) is 0 Å². The van der Waals surface area contributed by atoms with Gasteiger partial charge >= 0.3 is 33.6 Å². The molecule has 556 valence electrons. The number of ether oxygens (including phenoxy) is 3. The van der Waals surface area contributed by atoms with Crippen LogP contribution in [0.2, 0.25) is 0 Å². The fraction of sp³-hybridized carbons (Fsp3) is 0.684. The van der Waals surface area contributed by atoms with Gasteiger partial charge in [0.15, 0.2) is 6.10 Å². The molecule has 0 amide bonds. The first kappa shape index (κ1) is 92.7. The molecule has 5 unspecified atom stereocenters. The normalized spacial score (nSPS) is 14.8. The number of esters is 3. The highest BCUT2D eigenvalue weighted by Gasteiger charge is 2.29. The van der Waals surface area contributed by atoms with E-state index in [1.807, 2.05) is 0 Å². The summed E-state index contributed by atoms with van der Waals surface area (Å²) in [6.45, 7) is 2.41. The minimum absolute atomic E-state index is 0.0975. The van der Waals surface area contributed by atoms with Crippen LogP contribution in [-0.2, 0) is 55.8 Å². The van der Waals surface area contributed by atoms with Crippen molar-refractivity contribution < 1.29 is 75.8 Å². The highest BCUT2D eigenvalue weighted by Crippen LogP contribution is 2.45. The average molecular weight is 1400 g/mol. The molecule has 0 aliphatic heterocycles. The number of carbonyl (C=O) groups excluding carboxylic acids is 3. The molecule has 0 spiro atoms. The molecule has 0 rings (SSSR count). The highest BCUT2D eigenvalue weighted by molar-refractivity contribution is 7.47. The lowest BCUT2D eigenvalue weighted by molar-refractivity contribution is -0.161. The summed E-state index contributed by atoms with van der Waals surface area (Å²) in [7, 11) is -9.79. The molecule has 18 heteroatoms. The first-order chi connectivity index (χ1) is 47.2. The van der Waals surface area contributed by atoms with Gasteiger partial charge in [0.1, 0.15) is 25.4 Å². The van der Waals surface area contributed by atoms with Crippen LogP contribution in [0.4, 0.5) is 0 Å². The Balaban J connectivity index is 4.53. The SMILES string of the molecule is CC/C=C\C/C=C\C/C=C\C/C=C\C/C=C\C/C=C\CCCCCCCCCCCCC(=O)OCC(O)COP(=O)(O)OCC(O)COP(=O)(O)OCC(COC(=O)CCCCC/C=C\C/C=C\C/C=C\C/C=C\C/C=C\CC)OC(=O)CCCCCCCCCCCCCCC. The minimum Gasteiger partial charge on any atom is -0.463 e. The van der Waals surface area contributed by atoms with Crippen molar-refractivity contribution in [1.82, 2.24) is 0 Å². The van der Waals surface area contributed by atoms with E-state index in [0.717, 1.165) is 148 Å². The highest BCUT2D eigenvalue weighted by atomic mass is 31.2. The number of aliphatic hydroxyl groups is 2. The number of phosphoric acid groups is 2. The largest absolute Gasteiger partial charge is 0.472 e. The zero-order chi connectivity index (χ0) is 70.9. The third-order valence-electron chi connectivity index (χ3n) is 15.4. The van der Waals surface area contributed by atoms with Gasteiger partial charge in [0.2, 0.25) is 0 Å². The van der Waals surface area contributed by atoms with E-state index >= 15 is 0 Å². The molecule has 0 aliphatic rings. The van der Waals surface area contributed by atoms with Crippen LogP contribution < -0.4 is 0 Å². The monoisotopic (exact) mass is 1400 g/mol. The Labute approximate surface area is 588 Å². The molecule has 0 saturated heterocycles. The molecule has 0 aromatic heterocycles. The first-order valence-electron chi connectivity index (χ1n) is 37.5. The summed E-state index contributed by atoms with van der Waals surface area (Å²) in [5.74, 6) is -1.61. The van der Waals surface area contributed by atoms with Crippen molar-refractivity contribution >= 4 is 33.6 Å². The average Bonchev–Trinajstić information content (AvgIpc) is 1.64. The molecule has 0 radical (unpaired) electrons. The van der Waals surface area contributed by atoms with Crippen molar-refractivity contribution in [1.29, 1.82) is 0 Å². The van der Waals surface area contributed by atoms with Gasteiger partial charge in [0.05, 0.1) is 26.4 Å². The van der Waals surface area contributed by atoms with E-state index in [9.17, 15) is 43.5 Å². The molecule has 4 N–H and O–H groups in total. The zero-order valence-electron chi connectivity index (χ0n) is 60.5. The fourth-order valence-electron chi connectivity index (χ4n) is 9.72. The summed E-state index contributed by atoms with van der Waals surface area (Å²) >= 11 is 0. The van der Waals surface area contributed by atoms with Gasteiger partial charge in [-0.15, -0.1) is 0 Å². The maximum absolute atomic E-state index is 12.9. The molecule has 0 aromatic rings. The van der Waals surface area contributed by atoms with Crippen molar-refractivity contribution in [3.8, 4) is 0 Å². The van der Waals surface area contributed by atoms with E-state index in [0.29, 0.717) is 19.3 Å². The molecular weight excluding hydrogens is 1270 g/mol. The third kappa shape index (κ3) is 72.8. The molecule has 0 fully saturated rings. The molecule has 0 bridgehead atoms. The van der Waals surface area contributed by atoms with Crippen molar-refractivity contribution in [2.24, 2.45) is 0 Å². The maximum Gasteiger partial charge on any atom is 0.472 e. The summed E-state index contributed by atoms with van der Waals surface area (Å²) in [6.07, 6.45) is 85.0. The molecule has 5 atom stereocenters. The van der Waals surface area contributed by atoms with E-state index in [1.165, 1.54) is 83.5 Å². The van der Waals surface area contributed by atoms with Gasteiger partial charge in [-0.05, 0) is 116 Å². The Kier molecular flexibility index (Phi) is 68.3. The van der Waals surface area contributed by atoms with Crippen molar-refractivity contribution in [2.45, 2.75) is 309 Å². The molecule has 0 aliphatic carbocycles. The maximum atomic E-state index is 12.9. The Morgan fingerprint density at radius 1 is 0.299 bits per heavy atom. The van der Waals surface area contributed by atoms with Crippen LogP contribution in [0, 0.1) is 0 Å². The molecule has 0 heterocycles. The van der Waals surface area contributed by atoms with Crippen LogP contribution >= 0.6 is 15.6 Å². The van der Waals surface area contributed by atoms with E-state index in [-0.39, 0.29) is 19.3 Å². The van der Waals surface area contributed by atoms with E-state index in [4.69, 9.17) is 32.3 Å². The number of hydrogen-bond acceptors (Lipinski definition) is 14. The summed E-state index contributed by atoms with van der Waals surface area (Å²) in [4.78, 5) is 58.5. The minimum atomic E-state index is -4.93. The summed E-state index contributed by atoms with van der Waals surface area (Å²) in [5, 5.41) is 20.6.